The highest BCUT2D eigenvalue weighted by atomic mass is 79.9. The summed E-state index contributed by atoms with van der Waals surface area (Å²) < 4.78 is 2.76. The van der Waals surface area contributed by atoms with Crippen LogP contribution in [-0.2, 0) is 13.5 Å². The molecule has 19 heavy (non-hydrogen) atoms. The summed E-state index contributed by atoms with van der Waals surface area (Å²) in [5, 5.41) is 7.67. The Kier molecular flexibility index (Phi) is 4.55. The van der Waals surface area contributed by atoms with Crippen molar-refractivity contribution in [3.63, 3.8) is 0 Å². The fourth-order valence-corrected chi connectivity index (χ4v) is 2.33. The predicted molar refractivity (Wildman–Crippen MR) is 85.4 cm³/mol. The second-order valence-corrected chi connectivity index (χ2v) is 5.57. The minimum atomic E-state index is 0.390. The summed E-state index contributed by atoms with van der Waals surface area (Å²) >= 11 is 8.47. The Hall–Kier alpha value is -1.40. The first-order valence-corrected chi connectivity index (χ1v) is 7.08. The Morgan fingerprint density at radius 2 is 2.26 bits per heavy atom. The summed E-state index contributed by atoms with van der Waals surface area (Å²) in [6.45, 7) is 0.786. The molecular formula is C13H15BrN4S. The number of nitrogens with two attached hydrogens (primary N) is 1. The van der Waals surface area contributed by atoms with Gasteiger partial charge in [0.25, 0.3) is 0 Å². The number of thiocarbonyl (C=S) groups is 1. The highest BCUT2D eigenvalue weighted by Crippen LogP contribution is 2.21. The summed E-state index contributed by atoms with van der Waals surface area (Å²) in [5.74, 6) is 0. The topological polar surface area (TPSA) is 55.9 Å². The number of benzene rings is 1. The van der Waals surface area contributed by atoms with E-state index < -0.39 is 0 Å². The van der Waals surface area contributed by atoms with E-state index in [0.29, 0.717) is 4.99 Å². The number of anilines is 1. The van der Waals surface area contributed by atoms with E-state index in [9.17, 15) is 0 Å². The van der Waals surface area contributed by atoms with Gasteiger partial charge in [-0.3, -0.25) is 4.68 Å². The number of nitrogens with one attached hydrogen (secondary N) is 1. The smallest absolute Gasteiger partial charge is 0.106 e. The maximum Gasteiger partial charge on any atom is 0.106 e. The molecule has 0 spiro atoms. The van der Waals surface area contributed by atoms with E-state index in [1.54, 1.807) is 4.68 Å². The van der Waals surface area contributed by atoms with Crippen molar-refractivity contribution in [2.24, 2.45) is 12.8 Å². The van der Waals surface area contributed by atoms with Crippen molar-refractivity contribution in [1.29, 1.82) is 0 Å². The van der Waals surface area contributed by atoms with Gasteiger partial charge in [0.05, 0.1) is 5.69 Å². The normalized spacial score (nSPS) is 10.4. The molecule has 0 unspecified atom stereocenters. The average molecular weight is 339 g/mol. The van der Waals surface area contributed by atoms with Gasteiger partial charge in [-0.1, -0.05) is 28.1 Å². The van der Waals surface area contributed by atoms with Crippen LogP contribution in [-0.4, -0.2) is 21.3 Å². The van der Waals surface area contributed by atoms with Gasteiger partial charge >= 0.3 is 0 Å². The molecule has 0 aliphatic heterocycles. The molecule has 2 rings (SSSR count). The molecule has 0 amide bonds. The molecule has 1 aromatic heterocycles. The third kappa shape index (κ3) is 3.78. The number of rotatable bonds is 5. The van der Waals surface area contributed by atoms with Crippen LogP contribution >= 0.6 is 28.1 Å². The zero-order chi connectivity index (χ0) is 13.8. The fraction of sp³-hybridized carbons (Fsp3) is 0.231. The molecule has 6 heteroatoms. The molecule has 1 heterocycles. The molecule has 3 N–H and O–H groups in total. The second kappa shape index (κ2) is 6.16. The highest BCUT2D eigenvalue weighted by molar-refractivity contribution is 9.10. The zero-order valence-electron chi connectivity index (χ0n) is 10.6. The Balaban J connectivity index is 2.01. The van der Waals surface area contributed by atoms with E-state index >= 15 is 0 Å². The SMILES string of the molecule is Cn1ccc(CCNc2ccc(Br)cc2C(N)=S)n1. The Labute approximate surface area is 126 Å². The van der Waals surface area contributed by atoms with Crippen molar-refractivity contribution < 1.29 is 0 Å². The second-order valence-electron chi connectivity index (χ2n) is 4.21. The molecule has 2 aromatic rings. The molecule has 0 aliphatic rings. The van der Waals surface area contributed by atoms with Crippen molar-refractivity contribution in [1.82, 2.24) is 9.78 Å². The number of aryl methyl sites for hydroxylation is 1. The molecule has 0 fully saturated rings. The maximum absolute atomic E-state index is 5.72. The molecule has 0 saturated carbocycles. The van der Waals surface area contributed by atoms with Gasteiger partial charge in [0.1, 0.15) is 4.99 Å². The highest BCUT2D eigenvalue weighted by Gasteiger charge is 2.06. The predicted octanol–water partition coefficient (Wildman–Crippen LogP) is 2.47. The third-order valence-electron chi connectivity index (χ3n) is 2.71. The van der Waals surface area contributed by atoms with Gasteiger partial charge in [0.15, 0.2) is 0 Å². The Morgan fingerprint density at radius 3 is 2.89 bits per heavy atom. The van der Waals surface area contributed by atoms with E-state index in [2.05, 4.69) is 26.3 Å². The molecule has 0 atom stereocenters. The molecule has 0 aliphatic carbocycles. The third-order valence-corrected chi connectivity index (χ3v) is 3.43. The van der Waals surface area contributed by atoms with E-state index in [1.807, 2.05) is 37.5 Å². The van der Waals surface area contributed by atoms with Crippen molar-refractivity contribution in [3.05, 3.63) is 46.2 Å². The van der Waals surface area contributed by atoms with Crippen LogP contribution in [0.15, 0.2) is 34.9 Å². The van der Waals surface area contributed by atoms with Gasteiger partial charge in [0.2, 0.25) is 0 Å². The molecule has 0 saturated heterocycles. The number of hydrogen-bond acceptors (Lipinski definition) is 3. The molecule has 4 nitrogen and oxygen atoms in total. The van der Waals surface area contributed by atoms with E-state index in [1.165, 1.54) is 0 Å². The molecule has 0 radical (unpaired) electrons. The first-order valence-electron chi connectivity index (χ1n) is 5.88. The van der Waals surface area contributed by atoms with Crippen LogP contribution in [0, 0.1) is 0 Å². The van der Waals surface area contributed by atoms with Gasteiger partial charge in [0, 0.05) is 41.9 Å². The van der Waals surface area contributed by atoms with Crippen LogP contribution in [0.2, 0.25) is 0 Å². The van der Waals surface area contributed by atoms with Crippen LogP contribution in [0.3, 0.4) is 0 Å². The first-order chi connectivity index (χ1) is 9.06. The molecule has 0 bridgehead atoms. The zero-order valence-corrected chi connectivity index (χ0v) is 13.0. The van der Waals surface area contributed by atoms with E-state index in [-0.39, 0.29) is 0 Å². The van der Waals surface area contributed by atoms with Crippen LogP contribution < -0.4 is 11.1 Å². The van der Waals surface area contributed by atoms with Crippen LogP contribution in [0.5, 0.6) is 0 Å². The van der Waals surface area contributed by atoms with Gasteiger partial charge in [-0.2, -0.15) is 5.10 Å². The summed E-state index contributed by atoms with van der Waals surface area (Å²) in [7, 11) is 1.91. The van der Waals surface area contributed by atoms with Crippen molar-refractivity contribution in [2.75, 3.05) is 11.9 Å². The quantitative estimate of drug-likeness (QED) is 0.822. The lowest BCUT2D eigenvalue weighted by atomic mass is 10.1. The lowest BCUT2D eigenvalue weighted by Crippen LogP contribution is -2.14. The van der Waals surface area contributed by atoms with Crippen molar-refractivity contribution in [3.8, 4) is 0 Å². The number of hydrogen-bond donors (Lipinski definition) is 2. The summed E-state index contributed by atoms with van der Waals surface area (Å²) in [4.78, 5) is 0.390. The molecular weight excluding hydrogens is 324 g/mol. The van der Waals surface area contributed by atoms with Crippen LogP contribution in [0.25, 0.3) is 0 Å². The van der Waals surface area contributed by atoms with Crippen molar-refractivity contribution in [2.45, 2.75) is 6.42 Å². The van der Waals surface area contributed by atoms with Gasteiger partial charge < -0.3 is 11.1 Å². The van der Waals surface area contributed by atoms with Crippen LogP contribution in [0.4, 0.5) is 5.69 Å². The average Bonchev–Trinajstić information content (AvgIpc) is 2.77. The lowest BCUT2D eigenvalue weighted by molar-refractivity contribution is 0.742. The molecule has 100 valence electrons. The maximum atomic E-state index is 5.72. The number of aromatic nitrogens is 2. The summed E-state index contributed by atoms with van der Waals surface area (Å²) in [5.41, 5.74) is 8.59. The summed E-state index contributed by atoms with van der Waals surface area (Å²) in [6.07, 6.45) is 2.79. The van der Waals surface area contributed by atoms with Gasteiger partial charge in [-0.25, -0.2) is 0 Å². The monoisotopic (exact) mass is 338 g/mol. The van der Waals surface area contributed by atoms with E-state index in [4.69, 9.17) is 18.0 Å². The fourth-order valence-electron chi connectivity index (χ4n) is 1.80. The molecule has 1 aromatic carbocycles. The van der Waals surface area contributed by atoms with Gasteiger partial charge in [-0.05, 0) is 24.3 Å². The van der Waals surface area contributed by atoms with Crippen molar-refractivity contribution >= 4 is 38.8 Å². The van der Waals surface area contributed by atoms with Crippen LogP contribution in [0.1, 0.15) is 11.3 Å². The summed E-state index contributed by atoms with van der Waals surface area (Å²) in [6, 6.07) is 7.87. The number of nitrogens with zero attached hydrogens (tertiary/aromatic N) is 2. The lowest BCUT2D eigenvalue weighted by Gasteiger charge is -2.11. The standard InChI is InChI=1S/C13H15BrN4S/c1-18-7-5-10(17-18)4-6-16-12-3-2-9(14)8-11(12)13(15)19/h2-3,5,7-8,16H,4,6H2,1H3,(H2,15,19). The Bertz CT molecular complexity index is 594. The largest absolute Gasteiger partial charge is 0.389 e. The Morgan fingerprint density at radius 1 is 1.47 bits per heavy atom. The van der Waals surface area contributed by atoms with Gasteiger partial charge in [-0.15, -0.1) is 0 Å². The first kappa shape index (κ1) is 14.0. The minimum absolute atomic E-state index is 0.390. The van der Waals surface area contributed by atoms with E-state index in [0.717, 1.165) is 34.4 Å². The number of halogens is 1. The minimum Gasteiger partial charge on any atom is -0.389 e.